The molecule has 0 bridgehead atoms. The number of halogens is 3. The summed E-state index contributed by atoms with van der Waals surface area (Å²) in [5.74, 6) is 0. The molecule has 1 aromatic heterocycles. The van der Waals surface area contributed by atoms with Crippen molar-refractivity contribution in [2.24, 2.45) is 0 Å². The lowest BCUT2D eigenvalue weighted by molar-refractivity contribution is -0.137. The van der Waals surface area contributed by atoms with E-state index in [-0.39, 0.29) is 0 Å². The number of nitrogens with zero attached hydrogens (tertiary/aromatic N) is 2. The number of piperidine rings is 1. The van der Waals surface area contributed by atoms with E-state index in [1.165, 1.54) is 12.1 Å². The molecule has 1 atom stereocenters. The van der Waals surface area contributed by atoms with Crippen LogP contribution in [0, 0.1) is 0 Å². The second-order valence-corrected chi connectivity index (χ2v) is 7.32. The van der Waals surface area contributed by atoms with Crippen molar-refractivity contribution in [1.82, 2.24) is 9.88 Å². The highest BCUT2D eigenvalue weighted by molar-refractivity contribution is 5.93. The van der Waals surface area contributed by atoms with Crippen LogP contribution in [0.5, 0.6) is 0 Å². The van der Waals surface area contributed by atoms with Crippen molar-refractivity contribution in [2.45, 2.75) is 31.6 Å². The Hall–Kier alpha value is -2.60. The number of aromatic nitrogens is 1. The molecule has 1 aliphatic rings. The number of hydrogen-bond acceptors (Lipinski definition) is 3. The summed E-state index contributed by atoms with van der Waals surface area (Å²) in [6.45, 7) is 2.48. The third-order valence-electron chi connectivity index (χ3n) is 5.23. The van der Waals surface area contributed by atoms with Crippen LogP contribution in [0.3, 0.4) is 0 Å². The number of rotatable bonds is 4. The fourth-order valence-corrected chi connectivity index (χ4v) is 3.84. The summed E-state index contributed by atoms with van der Waals surface area (Å²) in [4.78, 5) is 6.48. The van der Waals surface area contributed by atoms with Gasteiger partial charge < -0.3 is 5.32 Å². The zero-order chi connectivity index (χ0) is 19.6. The van der Waals surface area contributed by atoms with Crippen molar-refractivity contribution in [3.63, 3.8) is 0 Å². The molecule has 0 radical (unpaired) electrons. The average molecular weight is 385 g/mol. The molecule has 2 heterocycles. The molecule has 3 nitrogen and oxygen atoms in total. The van der Waals surface area contributed by atoms with E-state index in [1.807, 2.05) is 24.4 Å². The van der Waals surface area contributed by atoms with Gasteiger partial charge in [-0.15, -0.1) is 0 Å². The number of fused-ring (bicyclic) bond motifs is 1. The van der Waals surface area contributed by atoms with Gasteiger partial charge in [-0.25, -0.2) is 0 Å². The second kappa shape index (κ2) is 7.80. The summed E-state index contributed by atoms with van der Waals surface area (Å²) < 4.78 is 38.2. The maximum atomic E-state index is 12.7. The van der Waals surface area contributed by atoms with Crippen molar-refractivity contribution in [3.8, 4) is 0 Å². The maximum absolute atomic E-state index is 12.7. The van der Waals surface area contributed by atoms with E-state index in [1.54, 1.807) is 18.3 Å². The van der Waals surface area contributed by atoms with Crippen molar-refractivity contribution in [2.75, 3.05) is 18.4 Å². The van der Waals surface area contributed by atoms with Crippen LogP contribution in [0.2, 0.25) is 0 Å². The molecule has 0 saturated carbocycles. The van der Waals surface area contributed by atoms with Crippen LogP contribution in [0.4, 0.5) is 18.9 Å². The molecule has 146 valence electrons. The third kappa shape index (κ3) is 4.28. The van der Waals surface area contributed by atoms with Gasteiger partial charge in [0.2, 0.25) is 0 Å². The molecule has 0 spiro atoms. The highest BCUT2D eigenvalue weighted by atomic mass is 19.4. The van der Waals surface area contributed by atoms with E-state index >= 15 is 0 Å². The van der Waals surface area contributed by atoms with Crippen LogP contribution in [-0.2, 0) is 12.7 Å². The summed E-state index contributed by atoms with van der Waals surface area (Å²) in [5.41, 5.74) is 1.41. The Balaban J connectivity index is 1.42. The van der Waals surface area contributed by atoms with E-state index in [9.17, 15) is 13.2 Å². The number of pyridine rings is 1. The van der Waals surface area contributed by atoms with E-state index in [0.717, 1.165) is 48.0 Å². The molecule has 2 aromatic carbocycles. The van der Waals surface area contributed by atoms with Gasteiger partial charge in [0.1, 0.15) is 0 Å². The summed E-state index contributed by atoms with van der Waals surface area (Å²) in [7, 11) is 0. The van der Waals surface area contributed by atoms with E-state index in [4.69, 9.17) is 0 Å². The van der Waals surface area contributed by atoms with Gasteiger partial charge in [-0.2, -0.15) is 13.2 Å². The van der Waals surface area contributed by atoms with Crippen molar-refractivity contribution in [1.29, 1.82) is 0 Å². The molecule has 28 heavy (non-hydrogen) atoms. The van der Waals surface area contributed by atoms with Crippen molar-refractivity contribution >= 4 is 16.5 Å². The van der Waals surface area contributed by atoms with E-state index in [2.05, 4.69) is 21.3 Å². The first-order chi connectivity index (χ1) is 13.5. The molecule has 0 aliphatic carbocycles. The maximum Gasteiger partial charge on any atom is 0.416 e. The molecule has 1 N–H and O–H groups in total. The van der Waals surface area contributed by atoms with Crippen LogP contribution in [-0.4, -0.2) is 29.0 Å². The van der Waals surface area contributed by atoms with Gasteiger partial charge >= 0.3 is 6.18 Å². The summed E-state index contributed by atoms with van der Waals surface area (Å²) >= 11 is 0. The zero-order valence-corrected chi connectivity index (χ0v) is 15.4. The van der Waals surface area contributed by atoms with Gasteiger partial charge in [0.05, 0.1) is 5.56 Å². The highest BCUT2D eigenvalue weighted by Gasteiger charge is 2.30. The highest BCUT2D eigenvalue weighted by Crippen LogP contribution is 2.29. The van der Waals surface area contributed by atoms with E-state index in [0.29, 0.717) is 12.6 Å². The lowest BCUT2D eigenvalue weighted by Crippen LogP contribution is -2.41. The topological polar surface area (TPSA) is 28.2 Å². The van der Waals surface area contributed by atoms with Crippen molar-refractivity contribution in [3.05, 3.63) is 72.1 Å². The molecule has 1 saturated heterocycles. The van der Waals surface area contributed by atoms with Gasteiger partial charge in [-0.05, 0) is 49.2 Å². The third-order valence-corrected chi connectivity index (χ3v) is 5.23. The van der Waals surface area contributed by atoms with E-state index < -0.39 is 11.7 Å². The largest absolute Gasteiger partial charge is 0.416 e. The smallest absolute Gasteiger partial charge is 0.381 e. The average Bonchev–Trinajstić information content (AvgIpc) is 2.68. The Morgan fingerprint density at radius 3 is 2.68 bits per heavy atom. The Morgan fingerprint density at radius 2 is 1.89 bits per heavy atom. The van der Waals surface area contributed by atoms with Gasteiger partial charge in [0.25, 0.3) is 0 Å². The van der Waals surface area contributed by atoms with Gasteiger partial charge in [-0.3, -0.25) is 9.88 Å². The SMILES string of the molecule is FC(F)(F)c1ccc(CN2CCCC(Nc3cccc4cnccc34)C2)cc1. The molecule has 6 heteroatoms. The van der Waals surface area contributed by atoms with Crippen LogP contribution < -0.4 is 5.32 Å². The first kappa shape index (κ1) is 18.7. The fraction of sp³-hybridized carbons (Fsp3) is 0.318. The monoisotopic (exact) mass is 385 g/mol. The number of benzene rings is 2. The normalized spacial score (nSPS) is 18.3. The zero-order valence-electron chi connectivity index (χ0n) is 15.4. The van der Waals surface area contributed by atoms with Crippen LogP contribution in [0.25, 0.3) is 10.8 Å². The molecule has 4 rings (SSSR count). The van der Waals surface area contributed by atoms with Gasteiger partial charge in [-0.1, -0.05) is 24.3 Å². The first-order valence-corrected chi connectivity index (χ1v) is 9.47. The Kier molecular flexibility index (Phi) is 5.22. The fourth-order valence-electron chi connectivity index (χ4n) is 3.84. The lowest BCUT2D eigenvalue weighted by atomic mass is 10.0. The lowest BCUT2D eigenvalue weighted by Gasteiger charge is -2.34. The number of hydrogen-bond donors (Lipinski definition) is 1. The standard InChI is InChI=1S/C22H22F3N3/c23-22(24,25)18-8-6-16(7-9-18)14-28-12-2-4-19(15-28)27-21-5-1-3-17-13-26-11-10-20(17)21/h1,3,5-11,13,19,27H,2,4,12,14-15H2. The number of likely N-dealkylation sites (tertiary alicyclic amines) is 1. The van der Waals surface area contributed by atoms with Crippen LogP contribution in [0.15, 0.2) is 60.9 Å². The first-order valence-electron chi connectivity index (χ1n) is 9.47. The molecular formula is C22H22F3N3. The Labute approximate surface area is 162 Å². The predicted molar refractivity (Wildman–Crippen MR) is 105 cm³/mol. The number of alkyl halides is 3. The number of nitrogens with one attached hydrogen (secondary N) is 1. The number of anilines is 1. The Bertz CT molecular complexity index is 932. The van der Waals surface area contributed by atoms with Crippen molar-refractivity contribution < 1.29 is 13.2 Å². The minimum absolute atomic E-state index is 0.307. The second-order valence-electron chi connectivity index (χ2n) is 7.32. The van der Waals surface area contributed by atoms with Crippen LogP contribution >= 0.6 is 0 Å². The van der Waals surface area contributed by atoms with Gasteiger partial charge in [0, 0.05) is 48.0 Å². The summed E-state index contributed by atoms with van der Waals surface area (Å²) in [5, 5.41) is 5.90. The minimum atomic E-state index is -4.29. The molecular weight excluding hydrogens is 363 g/mol. The molecule has 1 fully saturated rings. The molecule has 3 aromatic rings. The molecule has 1 aliphatic heterocycles. The molecule has 0 amide bonds. The summed E-state index contributed by atoms with van der Waals surface area (Å²) in [6, 6.07) is 14.0. The van der Waals surface area contributed by atoms with Gasteiger partial charge in [0.15, 0.2) is 0 Å². The minimum Gasteiger partial charge on any atom is -0.381 e. The quantitative estimate of drug-likeness (QED) is 0.658. The van der Waals surface area contributed by atoms with Crippen LogP contribution in [0.1, 0.15) is 24.0 Å². The summed E-state index contributed by atoms with van der Waals surface area (Å²) in [6.07, 6.45) is 1.51. The predicted octanol–water partition coefficient (Wildman–Crippen LogP) is 5.33. The Morgan fingerprint density at radius 1 is 1.07 bits per heavy atom. The molecule has 1 unspecified atom stereocenters.